The minimum Gasteiger partial charge on any atom is -0.330 e. The maximum Gasteiger partial charge on any atom is 0.0420 e. The molecule has 0 spiro atoms. The molecule has 84 valence electrons. The zero-order valence-corrected chi connectivity index (χ0v) is 11.1. The Labute approximate surface area is 104 Å². The molecule has 0 saturated carbocycles. The van der Waals surface area contributed by atoms with Crippen LogP contribution in [0.5, 0.6) is 0 Å². The van der Waals surface area contributed by atoms with Crippen LogP contribution in [-0.4, -0.2) is 12.6 Å². The lowest BCUT2D eigenvalue weighted by molar-refractivity contribution is 0.520. The summed E-state index contributed by atoms with van der Waals surface area (Å²) >= 11 is 9.37. The van der Waals surface area contributed by atoms with Crippen molar-refractivity contribution >= 4 is 27.5 Å². The lowest BCUT2D eigenvalue weighted by Crippen LogP contribution is -2.27. The van der Waals surface area contributed by atoms with Crippen molar-refractivity contribution < 1.29 is 0 Å². The van der Waals surface area contributed by atoms with E-state index in [-0.39, 0.29) is 0 Å². The van der Waals surface area contributed by atoms with E-state index in [1.807, 2.05) is 12.1 Å². The van der Waals surface area contributed by atoms with E-state index in [1.165, 1.54) is 5.56 Å². The van der Waals surface area contributed by atoms with Gasteiger partial charge in [0.05, 0.1) is 0 Å². The number of nitrogens with two attached hydrogens (primary N) is 1. The maximum atomic E-state index is 5.95. The lowest BCUT2D eigenvalue weighted by Gasteiger charge is -2.12. The lowest BCUT2D eigenvalue weighted by atomic mass is 10.2. The van der Waals surface area contributed by atoms with Crippen molar-refractivity contribution in [1.82, 2.24) is 5.32 Å². The van der Waals surface area contributed by atoms with Crippen molar-refractivity contribution in [2.24, 2.45) is 5.73 Å². The molecule has 3 N–H and O–H groups in total. The van der Waals surface area contributed by atoms with Crippen molar-refractivity contribution in [1.29, 1.82) is 0 Å². The fourth-order valence-electron chi connectivity index (χ4n) is 1.36. The average Bonchev–Trinajstić information content (AvgIpc) is 2.14. The molecule has 0 amide bonds. The van der Waals surface area contributed by atoms with Crippen molar-refractivity contribution in [3.05, 3.63) is 33.3 Å². The number of hydrogen-bond donors (Lipinski definition) is 2. The highest BCUT2D eigenvalue weighted by Gasteiger charge is 2.01. The Balaban J connectivity index is 2.50. The molecule has 2 nitrogen and oxygen atoms in total. The summed E-state index contributed by atoms with van der Waals surface area (Å²) < 4.78 is 1.01. The van der Waals surface area contributed by atoms with Gasteiger partial charge in [-0.3, -0.25) is 0 Å². The highest BCUT2D eigenvalue weighted by Crippen LogP contribution is 2.19. The van der Waals surface area contributed by atoms with Gasteiger partial charge < -0.3 is 11.1 Å². The molecule has 0 aromatic heterocycles. The normalized spacial score (nSPS) is 12.8. The Morgan fingerprint density at radius 1 is 1.47 bits per heavy atom. The molecule has 0 aliphatic rings. The van der Waals surface area contributed by atoms with Crippen LogP contribution in [0.2, 0.25) is 5.02 Å². The molecule has 0 heterocycles. The topological polar surface area (TPSA) is 38.0 Å². The standard InChI is InChI=1S/C11H16BrClN2/c1-8(2-3-14)15-7-9-4-10(12)6-11(13)5-9/h4-6,8,15H,2-3,7,14H2,1H3. The smallest absolute Gasteiger partial charge is 0.0420 e. The zero-order chi connectivity index (χ0) is 11.3. The number of benzene rings is 1. The van der Waals surface area contributed by atoms with E-state index < -0.39 is 0 Å². The van der Waals surface area contributed by atoms with Crippen molar-refractivity contribution in [3.63, 3.8) is 0 Å². The molecule has 15 heavy (non-hydrogen) atoms. The summed E-state index contributed by atoms with van der Waals surface area (Å²) in [5.41, 5.74) is 6.66. The monoisotopic (exact) mass is 290 g/mol. The molecule has 1 aromatic rings. The van der Waals surface area contributed by atoms with E-state index in [2.05, 4.69) is 34.2 Å². The molecule has 0 aliphatic carbocycles. The van der Waals surface area contributed by atoms with Gasteiger partial charge in [0, 0.05) is 22.1 Å². The second-order valence-electron chi connectivity index (χ2n) is 3.64. The van der Waals surface area contributed by atoms with Crippen LogP contribution in [0.3, 0.4) is 0 Å². The first-order chi connectivity index (χ1) is 7.11. The molecule has 0 bridgehead atoms. The van der Waals surface area contributed by atoms with E-state index in [0.29, 0.717) is 12.6 Å². The van der Waals surface area contributed by atoms with Crippen molar-refractivity contribution in [2.75, 3.05) is 6.54 Å². The van der Waals surface area contributed by atoms with E-state index in [4.69, 9.17) is 17.3 Å². The molecule has 1 atom stereocenters. The Morgan fingerprint density at radius 3 is 2.80 bits per heavy atom. The van der Waals surface area contributed by atoms with Crippen LogP contribution >= 0.6 is 27.5 Å². The number of hydrogen-bond acceptors (Lipinski definition) is 2. The van der Waals surface area contributed by atoms with Gasteiger partial charge in [-0.15, -0.1) is 0 Å². The first kappa shape index (κ1) is 13.0. The van der Waals surface area contributed by atoms with Crippen LogP contribution in [0.25, 0.3) is 0 Å². The first-order valence-corrected chi connectivity index (χ1v) is 6.17. The molecule has 0 saturated heterocycles. The average molecular weight is 292 g/mol. The number of halogens is 2. The fourth-order valence-corrected chi connectivity index (χ4v) is 2.29. The van der Waals surface area contributed by atoms with Crippen LogP contribution in [0.1, 0.15) is 18.9 Å². The van der Waals surface area contributed by atoms with Crippen molar-refractivity contribution in [2.45, 2.75) is 25.9 Å². The predicted molar refractivity (Wildman–Crippen MR) is 69.1 cm³/mol. The third-order valence-corrected chi connectivity index (χ3v) is 2.85. The van der Waals surface area contributed by atoms with Gasteiger partial charge in [0.2, 0.25) is 0 Å². The number of nitrogens with one attached hydrogen (secondary N) is 1. The van der Waals surface area contributed by atoms with Crippen LogP contribution in [0, 0.1) is 0 Å². The Hall–Kier alpha value is -0.0900. The predicted octanol–water partition coefficient (Wildman–Crippen LogP) is 2.93. The van der Waals surface area contributed by atoms with Gasteiger partial charge in [-0.25, -0.2) is 0 Å². The van der Waals surface area contributed by atoms with E-state index in [1.54, 1.807) is 0 Å². The minimum atomic E-state index is 0.438. The highest BCUT2D eigenvalue weighted by molar-refractivity contribution is 9.10. The molecular weight excluding hydrogens is 275 g/mol. The Bertz CT molecular complexity index is 297. The van der Waals surface area contributed by atoms with Gasteiger partial charge in [-0.05, 0) is 43.7 Å². The van der Waals surface area contributed by atoms with Gasteiger partial charge in [-0.1, -0.05) is 27.5 Å². The summed E-state index contributed by atoms with van der Waals surface area (Å²) in [6, 6.07) is 6.35. The van der Waals surface area contributed by atoms with E-state index >= 15 is 0 Å². The van der Waals surface area contributed by atoms with E-state index in [9.17, 15) is 0 Å². The highest BCUT2D eigenvalue weighted by atomic mass is 79.9. The van der Waals surface area contributed by atoms with Crippen LogP contribution < -0.4 is 11.1 Å². The van der Waals surface area contributed by atoms with Gasteiger partial charge in [0.1, 0.15) is 0 Å². The number of rotatable bonds is 5. The Kier molecular flexibility index (Phi) is 5.61. The first-order valence-electron chi connectivity index (χ1n) is 5.00. The summed E-state index contributed by atoms with van der Waals surface area (Å²) in [5.74, 6) is 0. The second-order valence-corrected chi connectivity index (χ2v) is 4.99. The molecule has 1 rings (SSSR count). The van der Waals surface area contributed by atoms with Crippen LogP contribution in [0.15, 0.2) is 22.7 Å². The summed E-state index contributed by atoms with van der Waals surface area (Å²) in [5, 5.41) is 4.15. The quantitative estimate of drug-likeness (QED) is 0.875. The summed E-state index contributed by atoms with van der Waals surface area (Å²) in [6.45, 7) is 3.67. The summed E-state index contributed by atoms with van der Waals surface area (Å²) in [7, 11) is 0. The van der Waals surface area contributed by atoms with Gasteiger partial charge in [-0.2, -0.15) is 0 Å². The van der Waals surface area contributed by atoms with E-state index in [0.717, 1.165) is 22.5 Å². The molecule has 1 unspecified atom stereocenters. The zero-order valence-electron chi connectivity index (χ0n) is 8.76. The molecule has 4 heteroatoms. The molecular formula is C11H16BrClN2. The van der Waals surface area contributed by atoms with Crippen LogP contribution in [-0.2, 0) is 6.54 Å². The largest absolute Gasteiger partial charge is 0.330 e. The molecule has 1 aromatic carbocycles. The van der Waals surface area contributed by atoms with Gasteiger partial charge >= 0.3 is 0 Å². The molecule has 0 fully saturated rings. The maximum absolute atomic E-state index is 5.95. The van der Waals surface area contributed by atoms with Gasteiger partial charge in [0.15, 0.2) is 0 Å². The summed E-state index contributed by atoms with van der Waals surface area (Å²) in [4.78, 5) is 0. The molecule has 0 radical (unpaired) electrons. The SMILES string of the molecule is CC(CCN)NCc1cc(Cl)cc(Br)c1. The third kappa shape index (κ3) is 4.98. The third-order valence-electron chi connectivity index (χ3n) is 2.18. The Morgan fingerprint density at radius 2 is 2.20 bits per heavy atom. The van der Waals surface area contributed by atoms with Gasteiger partial charge in [0.25, 0.3) is 0 Å². The minimum absolute atomic E-state index is 0.438. The summed E-state index contributed by atoms with van der Waals surface area (Å²) in [6.07, 6.45) is 0.988. The second kappa shape index (κ2) is 6.48. The fraction of sp³-hybridized carbons (Fsp3) is 0.455. The van der Waals surface area contributed by atoms with Crippen LogP contribution in [0.4, 0.5) is 0 Å². The molecule has 0 aliphatic heterocycles. The van der Waals surface area contributed by atoms with Crippen molar-refractivity contribution in [3.8, 4) is 0 Å².